The smallest absolute Gasteiger partial charge is 0.469 e. The molecule has 13 nitrogen and oxygen atoms in total. The zero-order valence-corrected chi connectivity index (χ0v) is 12.6. The highest BCUT2D eigenvalue weighted by molar-refractivity contribution is 7.46. The van der Waals surface area contributed by atoms with E-state index in [1.54, 1.807) is 4.98 Å². The Kier molecular flexibility index (Phi) is 5.05. The zero-order valence-electron chi connectivity index (χ0n) is 11.7. The van der Waals surface area contributed by atoms with Crippen LogP contribution in [0.2, 0.25) is 0 Å². The minimum absolute atomic E-state index is 0.398. The number of aliphatic hydroxyl groups is 2. The first-order chi connectivity index (χ1) is 11.0. The highest BCUT2D eigenvalue weighted by Gasteiger charge is 2.46. The molecule has 4 atom stereocenters. The first kappa shape index (κ1) is 18.5. The van der Waals surface area contributed by atoms with Crippen LogP contribution < -0.4 is 11.2 Å². The summed E-state index contributed by atoms with van der Waals surface area (Å²) in [6.45, 7) is -0.834. The van der Waals surface area contributed by atoms with Crippen molar-refractivity contribution in [3.8, 4) is 0 Å². The van der Waals surface area contributed by atoms with E-state index in [1.165, 1.54) is 0 Å². The van der Waals surface area contributed by atoms with Crippen LogP contribution in [0.5, 0.6) is 0 Å². The minimum atomic E-state index is -4.88. The fourth-order valence-electron chi connectivity index (χ4n) is 2.17. The number of hydrogen-bond donors (Lipinski definition) is 6. The number of carboxylic acid groups (broad SMARTS) is 1. The first-order valence-electron chi connectivity index (χ1n) is 6.32. The van der Waals surface area contributed by atoms with Crippen LogP contribution in [0.15, 0.2) is 15.7 Å². The summed E-state index contributed by atoms with van der Waals surface area (Å²) in [5.41, 5.74) is -3.02. The summed E-state index contributed by atoms with van der Waals surface area (Å²) in [4.78, 5) is 53.2. The third kappa shape index (κ3) is 3.79. The van der Waals surface area contributed by atoms with E-state index < -0.39 is 61.9 Å². The van der Waals surface area contributed by atoms with Crippen molar-refractivity contribution in [2.75, 3.05) is 6.61 Å². The first-order valence-corrected chi connectivity index (χ1v) is 7.85. The number of ether oxygens (including phenoxy) is 1. The molecule has 24 heavy (non-hydrogen) atoms. The van der Waals surface area contributed by atoms with Gasteiger partial charge in [-0.05, 0) is 0 Å². The molecule has 1 fully saturated rings. The molecule has 2 rings (SSSR count). The van der Waals surface area contributed by atoms with E-state index in [1.807, 2.05) is 0 Å². The number of carbonyl (C=O) groups is 1. The van der Waals surface area contributed by atoms with Gasteiger partial charge in [0.2, 0.25) is 0 Å². The predicted molar refractivity (Wildman–Crippen MR) is 72.2 cm³/mol. The van der Waals surface area contributed by atoms with Crippen LogP contribution in [0.1, 0.15) is 16.7 Å². The van der Waals surface area contributed by atoms with Crippen molar-refractivity contribution >= 4 is 13.8 Å². The minimum Gasteiger partial charge on any atom is -0.477 e. The maximum Gasteiger partial charge on any atom is 0.469 e. The topological polar surface area (TPSA) is 209 Å². The molecule has 1 aromatic rings. The average Bonchev–Trinajstić information content (AvgIpc) is 2.71. The molecular weight excluding hydrogens is 355 g/mol. The van der Waals surface area contributed by atoms with Gasteiger partial charge in [-0.15, -0.1) is 0 Å². The van der Waals surface area contributed by atoms with Gasteiger partial charge in [-0.1, -0.05) is 0 Å². The van der Waals surface area contributed by atoms with Crippen molar-refractivity contribution in [3.05, 3.63) is 32.6 Å². The van der Waals surface area contributed by atoms with Crippen molar-refractivity contribution in [1.29, 1.82) is 0 Å². The predicted octanol–water partition coefficient (Wildman–Crippen LogP) is -3.04. The van der Waals surface area contributed by atoms with E-state index in [0.717, 1.165) is 0 Å². The van der Waals surface area contributed by atoms with E-state index in [-0.39, 0.29) is 0 Å². The number of hydrogen-bond acceptors (Lipinski definition) is 8. The molecule has 14 heteroatoms. The maximum absolute atomic E-state index is 11.8. The van der Waals surface area contributed by atoms with Crippen molar-refractivity contribution in [3.63, 3.8) is 0 Å². The zero-order chi connectivity index (χ0) is 18.2. The standard InChI is InChI=1S/C10H13N2O11P/c13-5-1-3(9(16)17)12(10(18)11-5)8-7(15)6(14)4(23-8)2-22-24(19,20)21/h1,4,6-8,14-15H,2H2,(H,16,17)(H,11,13,18)(H2,19,20,21)/t4-,6-,7-,8-/m0/s1. The molecule has 0 unspecified atom stereocenters. The summed E-state index contributed by atoms with van der Waals surface area (Å²) in [5.74, 6) is -1.67. The average molecular weight is 368 g/mol. The van der Waals surface area contributed by atoms with Crippen molar-refractivity contribution in [2.45, 2.75) is 24.5 Å². The Hall–Kier alpha value is -1.86. The second-order valence-corrected chi connectivity index (χ2v) is 6.07. The van der Waals surface area contributed by atoms with Crippen LogP contribution >= 0.6 is 7.82 Å². The SMILES string of the molecule is O=C(O)c1cc(=O)[nH]c(=O)n1[C@H]1O[C@@H](COP(=O)(O)O)[C@H](O)[C@@H]1O. The molecule has 0 aliphatic carbocycles. The Morgan fingerprint density at radius 2 is 1.96 bits per heavy atom. The van der Waals surface area contributed by atoms with Crippen molar-refractivity contribution in [1.82, 2.24) is 9.55 Å². The monoisotopic (exact) mass is 368 g/mol. The third-order valence-corrected chi connectivity index (χ3v) is 3.68. The van der Waals surface area contributed by atoms with Gasteiger partial charge in [0.25, 0.3) is 5.56 Å². The van der Waals surface area contributed by atoms with Gasteiger partial charge in [-0.3, -0.25) is 18.9 Å². The highest BCUT2D eigenvalue weighted by atomic mass is 31.2. The molecule has 0 saturated carbocycles. The third-order valence-electron chi connectivity index (χ3n) is 3.19. The molecule has 1 saturated heterocycles. The number of nitrogens with one attached hydrogen (secondary N) is 1. The van der Waals surface area contributed by atoms with Crippen LogP contribution in [0, 0.1) is 0 Å². The summed E-state index contributed by atoms with van der Waals surface area (Å²) >= 11 is 0. The Bertz CT molecular complexity index is 795. The number of aliphatic hydroxyl groups excluding tert-OH is 2. The quantitative estimate of drug-likeness (QED) is 0.288. The van der Waals surface area contributed by atoms with Crippen LogP contribution in [-0.4, -0.2) is 65.5 Å². The van der Waals surface area contributed by atoms with Crippen molar-refractivity contribution in [2.24, 2.45) is 0 Å². The Labute approximate surface area is 131 Å². The molecular formula is C10H13N2O11P. The van der Waals surface area contributed by atoms with Crippen LogP contribution in [0.4, 0.5) is 0 Å². The molecule has 1 aliphatic rings. The van der Waals surface area contributed by atoms with Gasteiger partial charge in [0.1, 0.15) is 24.0 Å². The van der Waals surface area contributed by atoms with Crippen LogP contribution in [0.25, 0.3) is 0 Å². The summed E-state index contributed by atoms with van der Waals surface area (Å²) in [6.07, 6.45) is -6.74. The summed E-state index contributed by atoms with van der Waals surface area (Å²) in [6, 6.07) is 0.575. The van der Waals surface area contributed by atoms with Crippen LogP contribution in [0.3, 0.4) is 0 Å². The Morgan fingerprint density at radius 3 is 2.50 bits per heavy atom. The molecule has 0 aromatic carbocycles. The van der Waals surface area contributed by atoms with E-state index in [9.17, 15) is 29.2 Å². The van der Waals surface area contributed by atoms with E-state index >= 15 is 0 Å². The van der Waals surface area contributed by atoms with E-state index in [0.29, 0.717) is 10.6 Å². The second-order valence-electron chi connectivity index (χ2n) is 4.83. The number of aromatic amines is 1. The number of aromatic carboxylic acids is 1. The van der Waals surface area contributed by atoms with Gasteiger partial charge < -0.3 is 29.8 Å². The maximum atomic E-state index is 11.8. The van der Waals surface area contributed by atoms with E-state index in [4.69, 9.17) is 19.6 Å². The number of H-pyrrole nitrogens is 1. The molecule has 2 heterocycles. The van der Waals surface area contributed by atoms with Gasteiger partial charge in [0.15, 0.2) is 6.23 Å². The number of aromatic nitrogens is 2. The number of phosphoric acid groups is 1. The second kappa shape index (κ2) is 6.57. The molecule has 1 aromatic heterocycles. The van der Waals surface area contributed by atoms with Crippen LogP contribution in [-0.2, 0) is 13.8 Å². The van der Waals surface area contributed by atoms with E-state index in [2.05, 4.69) is 4.52 Å². The van der Waals surface area contributed by atoms with Gasteiger partial charge in [0.05, 0.1) is 6.61 Å². The molecule has 0 radical (unpaired) electrons. The van der Waals surface area contributed by atoms with Gasteiger partial charge in [-0.25, -0.2) is 14.2 Å². The molecule has 0 spiro atoms. The lowest BCUT2D eigenvalue weighted by Gasteiger charge is -2.19. The number of phosphoric ester groups is 1. The molecule has 6 N–H and O–H groups in total. The Balaban J connectivity index is 2.37. The fourth-order valence-corrected chi connectivity index (χ4v) is 2.51. The lowest BCUT2D eigenvalue weighted by molar-refractivity contribution is -0.0555. The highest BCUT2D eigenvalue weighted by Crippen LogP contribution is 2.38. The lowest BCUT2D eigenvalue weighted by atomic mass is 10.1. The van der Waals surface area contributed by atoms with Gasteiger partial charge in [-0.2, -0.15) is 0 Å². The number of carboxylic acids is 1. The summed E-state index contributed by atoms with van der Waals surface area (Å²) < 4.78 is 20.3. The van der Waals surface area contributed by atoms with Crippen molar-refractivity contribution < 1.29 is 43.7 Å². The molecule has 0 bridgehead atoms. The molecule has 134 valence electrons. The molecule has 1 aliphatic heterocycles. The normalized spacial score (nSPS) is 27.3. The lowest BCUT2D eigenvalue weighted by Crippen LogP contribution is -2.40. The largest absolute Gasteiger partial charge is 0.477 e. The summed E-state index contributed by atoms with van der Waals surface area (Å²) in [7, 11) is -4.88. The van der Waals surface area contributed by atoms with Gasteiger partial charge in [0, 0.05) is 6.07 Å². The Morgan fingerprint density at radius 1 is 1.33 bits per heavy atom. The molecule has 0 amide bonds. The number of nitrogens with zero attached hydrogens (tertiary/aromatic N) is 1. The fraction of sp³-hybridized carbons (Fsp3) is 0.500. The van der Waals surface area contributed by atoms with Gasteiger partial charge >= 0.3 is 19.5 Å². The number of rotatable bonds is 5. The summed E-state index contributed by atoms with van der Waals surface area (Å²) in [5, 5.41) is 28.8.